The molecule has 0 heterocycles. The number of benzene rings is 1. The summed E-state index contributed by atoms with van der Waals surface area (Å²) in [5, 5.41) is 12.6. The molecular weight excluding hydrogens is 236 g/mol. The number of hydrogen-bond donors (Lipinski definition) is 1. The largest absolute Gasteiger partial charge is 0.496 e. The molecule has 19 heavy (non-hydrogen) atoms. The molecule has 0 saturated heterocycles. The fourth-order valence-electron chi connectivity index (χ4n) is 2.33. The Bertz CT molecular complexity index is 449. The average Bonchev–Trinajstić information content (AvgIpc) is 2.43. The first-order valence-electron chi connectivity index (χ1n) is 6.83. The zero-order valence-corrected chi connectivity index (χ0v) is 12.5. The van der Waals surface area contributed by atoms with Gasteiger partial charge in [0.15, 0.2) is 0 Å². The van der Waals surface area contributed by atoms with E-state index in [2.05, 4.69) is 37.4 Å². The summed E-state index contributed by atoms with van der Waals surface area (Å²) in [4.78, 5) is 0. The van der Waals surface area contributed by atoms with Crippen molar-refractivity contribution in [3.8, 4) is 11.8 Å². The maximum Gasteiger partial charge on any atom is 0.123 e. The minimum absolute atomic E-state index is 0.00338. The first kappa shape index (κ1) is 15.5. The van der Waals surface area contributed by atoms with Crippen LogP contribution < -0.4 is 10.1 Å². The molecule has 0 saturated carbocycles. The highest BCUT2D eigenvalue weighted by molar-refractivity contribution is 5.41. The Hall–Kier alpha value is -1.53. The van der Waals surface area contributed by atoms with Gasteiger partial charge in [-0.2, -0.15) is 5.26 Å². The molecule has 104 valence electrons. The summed E-state index contributed by atoms with van der Waals surface area (Å²) in [6.45, 7) is 6.38. The van der Waals surface area contributed by atoms with Gasteiger partial charge in [-0.25, -0.2) is 0 Å². The van der Waals surface area contributed by atoms with Gasteiger partial charge in [0.1, 0.15) is 5.75 Å². The SMILES string of the molecule is CCC(C#N)C(NC)c1cc(C(C)C)ccc1OC. The molecule has 0 bridgehead atoms. The summed E-state index contributed by atoms with van der Waals surface area (Å²) in [5.74, 6) is 1.25. The molecule has 0 aliphatic carbocycles. The van der Waals surface area contributed by atoms with Gasteiger partial charge in [0.2, 0.25) is 0 Å². The van der Waals surface area contributed by atoms with Crippen molar-refractivity contribution in [2.24, 2.45) is 5.92 Å². The minimum Gasteiger partial charge on any atom is -0.496 e. The maximum atomic E-state index is 9.30. The molecule has 2 unspecified atom stereocenters. The van der Waals surface area contributed by atoms with Gasteiger partial charge in [0.05, 0.1) is 25.1 Å². The second-order valence-electron chi connectivity index (χ2n) is 5.07. The normalized spacial score (nSPS) is 13.9. The highest BCUT2D eigenvalue weighted by Gasteiger charge is 2.23. The summed E-state index contributed by atoms with van der Waals surface area (Å²) < 4.78 is 5.45. The molecule has 0 fully saturated rings. The number of rotatable bonds is 6. The molecule has 0 aliphatic rings. The van der Waals surface area contributed by atoms with Crippen molar-refractivity contribution >= 4 is 0 Å². The molecule has 3 heteroatoms. The van der Waals surface area contributed by atoms with Crippen LogP contribution in [0.15, 0.2) is 18.2 Å². The van der Waals surface area contributed by atoms with Gasteiger partial charge in [-0.15, -0.1) is 0 Å². The maximum absolute atomic E-state index is 9.30. The molecule has 0 spiro atoms. The standard InChI is InChI=1S/C16H24N2O/c1-6-12(10-17)16(18-4)14-9-13(11(2)3)7-8-15(14)19-5/h7-9,11-12,16,18H,6H2,1-5H3. The lowest BCUT2D eigenvalue weighted by molar-refractivity contribution is 0.383. The Labute approximate surface area is 116 Å². The second-order valence-corrected chi connectivity index (χ2v) is 5.07. The van der Waals surface area contributed by atoms with Crippen molar-refractivity contribution in [1.29, 1.82) is 5.26 Å². The van der Waals surface area contributed by atoms with Gasteiger partial charge in [0.25, 0.3) is 0 Å². The van der Waals surface area contributed by atoms with Gasteiger partial charge >= 0.3 is 0 Å². The fourth-order valence-corrected chi connectivity index (χ4v) is 2.33. The lowest BCUT2D eigenvalue weighted by Gasteiger charge is -2.24. The molecule has 3 nitrogen and oxygen atoms in total. The summed E-state index contributed by atoms with van der Waals surface area (Å²) in [6.07, 6.45) is 0.817. The van der Waals surface area contributed by atoms with Crippen LogP contribution in [0.5, 0.6) is 5.75 Å². The van der Waals surface area contributed by atoms with E-state index in [9.17, 15) is 5.26 Å². The first-order chi connectivity index (χ1) is 9.08. The summed E-state index contributed by atoms with van der Waals surface area (Å²) >= 11 is 0. The third-order valence-corrected chi connectivity index (χ3v) is 3.57. The fraction of sp³-hybridized carbons (Fsp3) is 0.562. The Kier molecular flexibility index (Phi) is 5.85. The summed E-state index contributed by atoms with van der Waals surface area (Å²) in [7, 11) is 3.57. The highest BCUT2D eigenvalue weighted by Crippen LogP contribution is 2.33. The van der Waals surface area contributed by atoms with Crippen LogP contribution >= 0.6 is 0 Å². The summed E-state index contributed by atoms with van der Waals surface area (Å²) in [6, 6.07) is 8.63. The van der Waals surface area contributed by atoms with Crippen molar-refractivity contribution in [3.05, 3.63) is 29.3 Å². The van der Waals surface area contributed by atoms with Crippen LogP contribution in [0, 0.1) is 17.2 Å². The van der Waals surface area contributed by atoms with E-state index < -0.39 is 0 Å². The summed E-state index contributed by atoms with van der Waals surface area (Å²) in [5.41, 5.74) is 2.34. The van der Waals surface area contributed by atoms with E-state index in [4.69, 9.17) is 4.74 Å². The van der Waals surface area contributed by atoms with Crippen LogP contribution in [0.4, 0.5) is 0 Å². The van der Waals surface area contributed by atoms with Gasteiger partial charge in [-0.3, -0.25) is 0 Å². The number of ether oxygens (including phenoxy) is 1. The molecule has 2 atom stereocenters. The quantitative estimate of drug-likeness (QED) is 0.849. The third-order valence-electron chi connectivity index (χ3n) is 3.57. The van der Waals surface area contributed by atoms with Gasteiger partial charge in [-0.1, -0.05) is 32.9 Å². The van der Waals surface area contributed by atoms with Crippen molar-refractivity contribution in [1.82, 2.24) is 5.32 Å². The van der Waals surface area contributed by atoms with Crippen LogP contribution in [0.2, 0.25) is 0 Å². The number of nitrogens with one attached hydrogen (secondary N) is 1. The first-order valence-corrected chi connectivity index (χ1v) is 6.83. The van der Waals surface area contributed by atoms with Crippen LogP contribution in [0.25, 0.3) is 0 Å². The van der Waals surface area contributed by atoms with E-state index in [1.165, 1.54) is 5.56 Å². The number of methoxy groups -OCH3 is 1. The smallest absolute Gasteiger partial charge is 0.123 e. The molecule has 1 N–H and O–H groups in total. The Morgan fingerprint density at radius 2 is 2.05 bits per heavy atom. The molecule has 1 aromatic carbocycles. The van der Waals surface area contributed by atoms with Crippen molar-refractivity contribution < 1.29 is 4.74 Å². The van der Waals surface area contributed by atoms with Crippen LogP contribution in [-0.4, -0.2) is 14.2 Å². The van der Waals surface area contributed by atoms with E-state index in [0.29, 0.717) is 5.92 Å². The molecule has 1 aromatic rings. The Balaban J connectivity index is 3.27. The molecule has 1 rings (SSSR count). The van der Waals surface area contributed by atoms with Gasteiger partial charge in [0, 0.05) is 5.56 Å². The van der Waals surface area contributed by atoms with Crippen LogP contribution in [0.1, 0.15) is 50.3 Å². The molecular formula is C16H24N2O. The van der Waals surface area contributed by atoms with Crippen LogP contribution in [-0.2, 0) is 0 Å². The zero-order valence-electron chi connectivity index (χ0n) is 12.5. The van der Waals surface area contributed by atoms with E-state index in [1.54, 1.807) is 7.11 Å². The van der Waals surface area contributed by atoms with Crippen molar-refractivity contribution in [2.75, 3.05) is 14.2 Å². The van der Waals surface area contributed by atoms with E-state index in [1.807, 2.05) is 20.0 Å². The van der Waals surface area contributed by atoms with E-state index >= 15 is 0 Å². The highest BCUT2D eigenvalue weighted by atomic mass is 16.5. The lowest BCUT2D eigenvalue weighted by Crippen LogP contribution is -2.24. The minimum atomic E-state index is -0.0543. The van der Waals surface area contributed by atoms with Crippen LogP contribution in [0.3, 0.4) is 0 Å². The Morgan fingerprint density at radius 1 is 1.37 bits per heavy atom. The third kappa shape index (κ3) is 3.48. The van der Waals surface area contributed by atoms with Gasteiger partial charge < -0.3 is 10.1 Å². The van der Waals surface area contributed by atoms with E-state index in [-0.39, 0.29) is 12.0 Å². The zero-order chi connectivity index (χ0) is 14.4. The molecule has 0 radical (unpaired) electrons. The lowest BCUT2D eigenvalue weighted by atomic mass is 9.89. The second kappa shape index (κ2) is 7.16. The molecule has 0 amide bonds. The predicted octanol–water partition coefficient (Wildman–Crippen LogP) is 3.63. The number of hydrogen-bond acceptors (Lipinski definition) is 3. The molecule has 0 aliphatic heterocycles. The predicted molar refractivity (Wildman–Crippen MR) is 78.3 cm³/mol. The topological polar surface area (TPSA) is 45.0 Å². The number of nitriles is 1. The monoisotopic (exact) mass is 260 g/mol. The number of nitrogens with zero attached hydrogens (tertiary/aromatic N) is 1. The van der Waals surface area contributed by atoms with Gasteiger partial charge in [-0.05, 0) is 31.0 Å². The van der Waals surface area contributed by atoms with E-state index in [0.717, 1.165) is 17.7 Å². The molecule has 0 aromatic heterocycles. The Morgan fingerprint density at radius 3 is 2.47 bits per heavy atom. The van der Waals surface area contributed by atoms with Crippen molar-refractivity contribution in [2.45, 2.75) is 39.2 Å². The van der Waals surface area contributed by atoms with Crippen molar-refractivity contribution in [3.63, 3.8) is 0 Å². The average molecular weight is 260 g/mol.